The highest BCUT2D eigenvalue weighted by molar-refractivity contribution is 6.37. The highest BCUT2D eigenvalue weighted by Crippen LogP contribution is 2.44. The minimum absolute atomic E-state index is 0.0439. The first kappa shape index (κ1) is 22.1. The number of carbonyl (C=O) groups excluding carboxylic acids is 1. The molecule has 10 heteroatoms. The normalized spacial score (nSPS) is 33.6. The number of rotatable bonds is 4. The number of halogens is 2. The summed E-state index contributed by atoms with van der Waals surface area (Å²) in [5.41, 5.74) is 0.0439. The van der Waals surface area contributed by atoms with Gasteiger partial charge in [-0.25, -0.2) is 4.79 Å². The smallest absolute Gasteiger partial charge is 0.343 e. The van der Waals surface area contributed by atoms with E-state index in [4.69, 9.17) is 56.4 Å². The van der Waals surface area contributed by atoms with Gasteiger partial charge < -0.3 is 33.2 Å². The zero-order chi connectivity index (χ0) is 21.8. The second-order valence-corrected chi connectivity index (χ2v) is 9.06. The highest BCUT2D eigenvalue weighted by Gasteiger charge is 2.60. The number of benzene rings is 1. The van der Waals surface area contributed by atoms with E-state index in [-0.39, 0.29) is 28.0 Å². The Kier molecular flexibility index (Phi) is 5.72. The quantitative estimate of drug-likeness (QED) is 0.628. The molecule has 0 saturated carbocycles. The third-order valence-corrected chi connectivity index (χ3v) is 5.71. The minimum atomic E-state index is -0.842. The van der Waals surface area contributed by atoms with Crippen molar-refractivity contribution >= 4 is 29.2 Å². The van der Waals surface area contributed by atoms with Crippen molar-refractivity contribution < 1.29 is 38.0 Å². The number of ether oxygens (including phenoxy) is 7. The second kappa shape index (κ2) is 7.78. The maximum Gasteiger partial charge on any atom is 0.343 e. The topological polar surface area (TPSA) is 81.7 Å². The van der Waals surface area contributed by atoms with E-state index in [0.717, 1.165) is 0 Å². The SMILES string of the molecule is COc1c(Cl)ccc(Cl)c1C(=O)OC[C@H]1O[C@@H]2OC(C)(C)O[C@@H]2[C@H]2OC(C)(C)O[C@H]21. The lowest BCUT2D eigenvalue weighted by Crippen LogP contribution is -2.56. The molecule has 30 heavy (non-hydrogen) atoms. The van der Waals surface area contributed by atoms with E-state index in [2.05, 4.69) is 0 Å². The van der Waals surface area contributed by atoms with Crippen molar-refractivity contribution in [1.29, 1.82) is 0 Å². The zero-order valence-corrected chi connectivity index (χ0v) is 18.8. The molecule has 5 atom stereocenters. The summed E-state index contributed by atoms with van der Waals surface area (Å²) in [6.45, 7) is 7.10. The Labute approximate surface area is 184 Å². The van der Waals surface area contributed by atoms with E-state index in [1.807, 2.05) is 0 Å². The van der Waals surface area contributed by atoms with Crippen LogP contribution in [0.25, 0.3) is 0 Å². The van der Waals surface area contributed by atoms with E-state index in [9.17, 15) is 4.79 Å². The first-order chi connectivity index (χ1) is 14.0. The Morgan fingerprint density at radius 1 is 0.967 bits per heavy atom. The van der Waals surface area contributed by atoms with Crippen molar-refractivity contribution in [3.05, 3.63) is 27.7 Å². The highest BCUT2D eigenvalue weighted by atomic mass is 35.5. The van der Waals surface area contributed by atoms with Gasteiger partial charge in [-0.05, 0) is 39.8 Å². The maximum absolute atomic E-state index is 12.8. The Morgan fingerprint density at radius 3 is 2.27 bits per heavy atom. The molecule has 0 aromatic heterocycles. The van der Waals surface area contributed by atoms with Gasteiger partial charge in [0.1, 0.15) is 36.6 Å². The van der Waals surface area contributed by atoms with Gasteiger partial charge in [0.25, 0.3) is 0 Å². The number of fused-ring (bicyclic) bond motifs is 3. The summed E-state index contributed by atoms with van der Waals surface area (Å²) in [5, 5.41) is 0.415. The van der Waals surface area contributed by atoms with Crippen LogP contribution in [0.1, 0.15) is 38.1 Å². The Bertz CT molecular complexity index is 842. The monoisotopic (exact) mass is 462 g/mol. The number of carbonyl (C=O) groups is 1. The van der Waals surface area contributed by atoms with Gasteiger partial charge in [0, 0.05) is 0 Å². The number of esters is 1. The lowest BCUT2D eigenvalue weighted by Gasteiger charge is -2.36. The maximum atomic E-state index is 12.8. The van der Waals surface area contributed by atoms with Crippen LogP contribution < -0.4 is 4.74 Å². The van der Waals surface area contributed by atoms with Gasteiger partial charge in [-0.15, -0.1) is 0 Å². The Balaban J connectivity index is 1.52. The molecule has 1 aromatic rings. The lowest BCUT2D eigenvalue weighted by molar-refractivity contribution is -0.240. The van der Waals surface area contributed by atoms with Crippen LogP contribution in [-0.2, 0) is 28.4 Å². The van der Waals surface area contributed by atoms with Crippen LogP contribution in [0.4, 0.5) is 0 Å². The molecule has 0 aliphatic carbocycles. The van der Waals surface area contributed by atoms with Crippen LogP contribution >= 0.6 is 23.2 Å². The first-order valence-corrected chi connectivity index (χ1v) is 10.3. The largest absolute Gasteiger partial charge is 0.494 e. The van der Waals surface area contributed by atoms with Gasteiger partial charge in [-0.2, -0.15) is 0 Å². The molecule has 0 radical (unpaired) electrons. The van der Waals surface area contributed by atoms with E-state index >= 15 is 0 Å². The fourth-order valence-corrected chi connectivity index (χ4v) is 4.44. The van der Waals surface area contributed by atoms with Crippen molar-refractivity contribution in [3.63, 3.8) is 0 Å². The summed E-state index contributed by atoms with van der Waals surface area (Å²) in [7, 11) is 1.40. The van der Waals surface area contributed by atoms with Crippen LogP contribution in [-0.4, -0.2) is 62.0 Å². The Hall–Kier alpha value is -1.13. The molecule has 0 bridgehead atoms. The average Bonchev–Trinajstić information content (AvgIpc) is 3.15. The molecule has 1 aromatic carbocycles. The third kappa shape index (κ3) is 4.02. The number of hydrogen-bond donors (Lipinski definition) is 0. The summed E-state index contributed by atoms with van der Waals surface area (Å²) in [6, 6.07) is 3.04. The van der Waals surface area contributed by atoms with E-state index in [1.165, 1.54) is 13.2 Å². The second-order valence-electron chi connectivity index (χ2n) is 8.24. The molecule has 3 aliphatic heterocycles. The fourth-order valence-electron chi connectivity index (χ4n) is 3.98. The molecule has 166 valence electrons. The molecule has 3 heterocycles. The van der Waals surface area contributed by atoms with Crippen LogP contribution in [0.2, 0.25) is 10.0 Å². The molecular formula is C20H24Cl2O8. The van der Waals surface area contributed by atoms with E-state index < -0.39 is 48.2 Å². The molecule has 4 rings (SSSR count). The van der Waals surface area contributed by atoms with Crippen LogP contribution in [0.3, 0.4) is 0 Å². The molecular weight excluding hydrogens is 439 g/mol. The standard InChI is InChI=1S/C20H24Cl2O8/c1-19(2)27-14-11(26-18-16(15(14)28-19)29-20(3,4)30-18)8-25-17(23)12-9(21)6-7-10(22)13(12)24-5/h6-7,11,14-16,18H,8H2,1-5H3/t11-,14+,15+,16-,18-/m1/s1. The van der Waals surface area contributed by atoms with Gasteiger partial charge in [-0.1, -0.05) is 23.2 Å². The van der Waals surface area contributed by atoms with Gasteiger partial charge in [0.2, 0.25) is 0 Å². The fraction of sp³-hybridized carbons (Fsp3) is 0.650. The summed E-state index contributed by atoms with van der Waals surface area (Å²) >= 11 is 12.3. The third-order valence-electron chi connectivity index (χ3n) is 5.10. The summed E-state index contributed by atoms with van der Waals surface area (Å²) in [4.78, 5) is 12.8. The van der Waals surface area contributed by atoms with Crippen molar-refractivity contribution in [2.75, 3.05) is 13.7 Å². The lowest BCUT2D eigenvalue weighted by atomic mass is 9.99. The summed E-state index contributed by atoms with van der Waals surface area (Å²) in [6.07, 6.45) is -2.71. The van der Waals surface area contributed by atoms with Crippen LogP contribution in [0.5, 0.6) is 5.75 Å². The summed E-state index contributed by atoms with van der Waals surface area (Å²) < 4.78 is 40.6. The average molecular weight is 463 g/mol. The van der Waals surface area contributed by atoms with Crippen LogP contribution in [0, 0.1) is 0 Å². The van der Waals surface area contributed by atoms with E-state index in [1.54, 1.807) is 33.8 Å². The molecule has 8 nitrogen and oxygen atoms in total. The van der Waals surface area contributed by atoms with Crippen molar-refractivity contribution in [2.45, 2.75) is 70.0 Å². The molecule has 0 unspecified atom stereocenters. The van der Waals surface area contributed by atoms with Crippen LogP contribution in [0.15, 0.2) is 12.1 Å². The zero-order valence-electron chi connectivity index (χ0n) is 17.3. The minimum Gasteiger partial charge on any atom is -0.494 e. The van der Waals surface area contributed by atoms with Crippen molar-refractivity contribution in [2.24, 2.45) is 0 Å². The van der Waals surface area contributed by atoms with Crippen molar-refractivity contribution in [3.8, 4) is 5.75 Å². The first-order valence-electron chi connectivity index (χ1n) is 9.57. The van der Waals surface area contributed by atoms with Crippen molar-refractivity contribution in [1.82, 2.24) is 0 Å². The number of methoxy groups -OCH3 is 1. The Morgan fingerprint density at radius 2 is 1.57 bits per heavy atom. The molecule has 3 saturated heterocycles. The molecule has 3 fully saturated rings. The molecule has 3 aliphatic rings. The molecule has 0 N–H and O–H groups in total. The van der Waals surface area contributed by atoms with Gasteiger partial charge in [0.05, 0.1) is 17.2 Å². The van der Waals surface area contributed by atoms with Gasteiger partial charge >= 0.3 is 5.97 Å². The number of hydrogen-bond acceptors (Lipinski definition) is 8. The predicted octanol–water partition coefficient (Wildman–Crippen LogP) is 3.56. The van der Waals surface area contributed by atoms with Gasteiger partial charge in [-0.3, -0.25) is 0 Å². The molecule has 0 spiro atoms. The predicted molar refractivity (Wildman–Crippen MR) is 106 cm³/mol. The molecule has 0 amide bonds. The van der Waals surface area contributed by atoms with E-state index in [0.29, 0.717) is 0 Å². The van der Waals surface area contributed by atoms with Gasteiger partial charge in [0.15, 0.2) is 23.6 Å². The summed E-state index contributed by atoms with van der Waals surface area (Å²) in [5.74, 6) is -2.22.